The molecular weight excluding hydrogens is 327 g/mol. The molecule has 7 nitrogen and oxygen atoms in total. The number of halogens is 3. The van der Waals surface area contributed by atoms with E-state index >= 15 is 0 Å². The van der Waals surface area contributed by atoms with E-state index in [1.165, 1.54) is 0 Å². The number of non-ortho nitro benzene ring substituents is 1. The highest BCUT2D eigenvalue weighted by Gasteiger charge is 2.35. The third-order valence-electron chi connectivity index (χ3n) is 2.55. The molecular formula is C11H14F3N3O4S. The summed E-state index contributed by atoms with van der Waals surface area (Å²) in [6, 6.07) is 2.40. The zero-order valence-electron chi connectivity index (χ0n) is 11.5. The van der Waals surface area contributed by atoms with Crippen molar-refractivity contribution in [1.29, 1.82) is 0 Å². The summed E-state index contributed by atoms with van der Waals surface area (Å²) in [5.74, 6) is 0. The lowest BCUT2D eigenvalue weighted by atomic mass is 10.1. The number of hydrogen-bond donors (Lipinski definition) is 2. The van der Waals surface area contributed by atoms with Crippen molar-refractivity contribution in [3.8, 4) is 0 Å². The van der Waals surface area contributed by atoms with E-state index < -0.39 is 32.4 Å². The molecule has 0 aromatic heterocycles. The Morgan fingerprint density at radius 1 is 1.27 bits per heavy atom. The number of alkyl halides is 3. The van der Waals surface area contributed by atoms with Crippen molar-refractivity contribution < 1.29 is 26.5 Å². The van der Waals surface area contributed by atoms with Gasteiger partial charge in [0.25, 0.3) is 5.69 Å². The third-order valence-corrected chi connectivity index (χ3v) is 3.28. The highest BCUT2D eigenvalue weighted by atomic mass is 32.2. The Labute approximate surface area is 124 Å². The van der Waals surface area contributed by atoms with Crippen LogP contribution < -0.4 is 10.0 Å². The lowest BCUT2D eigenvalue weighted by Gasteiger charge is -2.14. The highest BCUT2D eigenvalue weighted by molar-refractivity contribution is 7.88. The van der Waals surface area contributed by atoms with Crippen molar-refractivity contribution in [1.82, 2.24) is 4.72 Å². The van der Waals surface area contributed by atoms with Gasteiger partial charge in [0.2, 0.25) is 10.0 Å². The maximum atomic E-state index is 12.9. The summed E-state index contributed by atoms with van der Waals surface area (Å²) in [5, 5.41) is 13.0. The summed E-state index contributed by atoms with van der Waals surface area (Å²) in [6.45, 7) is 0.142. The largest absolute Gasteiger partial charge is 0.418 e. The molecule has 2 N–H and O–H groups in total. The fraction of sp³-hybridized carbons (Fsp3) is 0.455. The van der Waals surface area contributed by atoms with Gasteiger partial charge in [-0.25, -0.2) is 13.1 Å². The number of nitro benzene ring substituents is 1. The molecule has 0 atom stereocenters. The second kappa shape index (κ2) is 6.92. The van der Waals surface area contributed by atoms with Crippen LogP contribution in [0.2, 0.25) is 0 Å². The number of benzene rings is 1. The van der Waals surface area contributed by atoms with Crippen molar-refractivity contribution in [2.75, 3.05) is 24.7 Å². The number of nitrogens with zero attached hydrogens (tertiary/aromatic N) is 1. The van der Waals surface area contributed by atoms with Gasteiger partial charge in [-0.2, -0.15) is 13.2 Å². The Bertz CT molecular complexity index is 646. The molecule has 0 bridgehead atoms. The lowest BCUT2D eigenvalue weighted by molar-refractivity contribution is -0.385. The van der Waals surface area contributed by atoms with E-state index in [2.05, 4.69) is 10.0 Å². The first-order valence-corrected chi connectivity index (χ1v) is 7.94. The van der Waals surface area contributed by atoms with E-state index in [1.54, 1.807) is 0 Å². The Hall–Kier alpha value is -1.88. The highest BCUT2D eigenvalue weighted by Crippen LogP contribution is 2.36. The molecule has 124 valence electrons. The van der Waals surface area contributed by atoms with E-state index in [-0.39, 0.29) is 25.2 Å². The minimum absolute atomic E-state index is 0.0696. The van der Waals surface area contributed by atoms with E-state index in [0.717, 1.165) is 18.4 Å². The van der Waals surface area contributed by atoms with Crippen LogP contribution in [0.4, 0.5) is 24.5 Å². The van der Waals surface area contributed by atoms with Gasteiger partial charge in [-0.15, -0.1) is 0 Å². The smallest absolute Gasteiger partial charge is 0.384 e. The molecule has 0 aliphatic carbocycles. The normalized spacial score (nSPS) is 12.2. The molecule has 0 fully saturated rings. The second-order valence-corrected chi connectivity index (χ2v) is 6.26. The first-order valence-electron chi connectivity index (χ1n) is 6.05. The monoisotopic (exact) mass is 341 g/mol. The van der Waals surface area contributed by atoms with Gasteiger partial charge in [0.05, 0.1) is 16.7 Å². The minimum atomic E-state index is -4.74. The molecule has 11 heteroatoms. The van der Waals surface area contributed by atoms with Crippen LogP contribution in [0.25, 0.3) is 0 Å². The summed E-state index contributed by atoms with van der Waals surface area (Å²) in [4.78, 5) is 9.63. The molecule has 0 spiro atoms. The summed E-state index contributed by atoms with van der Waals surface area (Å²) in [5.41, 5.74) is -2.09. The van der Waals surface area contributed by atoms with Gasteiger partial charge in [0, 0.05) is 30.9 Å². The van der Waals surface area contributed by atoms with Crippen LogP contribution in [0.3, 0.4) is 0 Å². The summed E-state index contributed by atoms with van der Waals surface area (Å²) in [6.07, 6.45) is -3.51. The standard InChI is InChI=1S/C11H14F3N3O4S/c1-22(20,21)16-6-2-5-15-10-4-3-8(17(18)19)7-9(10)11(12,13)14/h3-4,7,15-16H,2,5-6H2,1H3. The van der Waals surface area contributed by atoms with Crippen LogP contribution >= 0.6 is 0 Å². The van der Waals surface area contributed by atoms with E-state index in [4.69, 9.17) is 0 Å². The number of nitrogens with one attached hydrogen (secondary N) is 2. The third kappa shape index (κ3) is 5.85. The van der Waals surface area contributed by atoms with E-state index in [0.29, 0.717) is 6.07 Å². The first kappa shape index (κ1) is 18.2. The van der Waals surface area contributed by atoms with Gasteiger partial charge in [-0.05, 0) is 12.5 Å². The van der Waals surface area contributed by atoms with Gasteiger partial charge >= 0.3 is 6.18 Å². The van der Waals surface area contributed by atoms with Crippen molar-refractivity contribution in [3.63, 3.8) is 0 Å². The molecule has 0 saturated carbocycles. The average Bonchev–Trinajstić information content (AvgIpc) is 2.35. The molecule has 1 aromatic rings. The quantitative estimate of drug-likeness (QED) is 0.448. The second-order valence-electron chi connectivity index (χ2n) is 4.43. The number of nitro groups is 1. The predicted octanol–water partition coefficient (Wildman–Crippen LogP) is 1.96. The number of hydrogen-bond acceptors (Lipinski definition) is 5. The maximum absolute atomic E-state index is 12.9. The first-order chi connectivity index (χ1) is 10.0. The molecule has 0 amide bonds. The molecule has 1 rings (SSSR count). The minimum Gasteiger partial charge on any atom is -0.384 e. The van der Waals surface area contributed by atoms with Gasteiger partial charge in [-0.3, -0.25) is 10.1 Å². The van der Waals surface area contributed by atoms with Crippen LogP contribution in [-0.4, -0.2) is 32.7 Å². The summed E-state index contributed by atoms with van der Waals surface area (Å²) < 4.78 is 62.4. The zero-order valence-corrected chi connectivity index (χ0v) is 12.3. The zero-order chi connectivity index (χ0) is 17.0. The molecule has 0 radical (unpaired) electrons. The van der Waals surface area contributed by atoms with E-state index in [1.807, 2.05) is 0 Å². The molecule has 0 unspecified atom stereocenters. The van der Waals surface area contributed by atoms with Gasteiger partial charge in [-0.1, -0.05) is 0 Å². The average molecular weight is 341 g/mol. The van der Waals surface area contributed by atoms with Gasteiger partial charge in [0.15, 0.2) is 0 Å². The SMILES string of the molecule is CS(=O)(=O)NCCCNc1ccc([N+](=O)[O-])cc1C(F)(F)F. The van der Waals surface area contributed by atoms with Gasteiger partial charge < -0.3 is 5.32 Å². The van der Waals surface area contributed by atoms with E-state index in [9.17, 15) is 31.7 Å². The summed E-state index contributed by atoms with van der Waals surface area (Å²) in [7, 11) is -3.35. The molecule has 0 aliphatic rings. The Balaban J connectivity index is 2.76. The van der Waals surface area contributed by atoms with Crippen molar-refractivity contribution in [2.45, 2.75) is 12.6 Å². The van der Waals surface area contributed by atoms with Crippen molar-refractivity contribution in [3.05, 3.63) is 33.9 Å². The molecule has 0 heterocycles. The van der Waals surface area contributed by atoms with Crippen LogP contribution in [0.1, 0.15) is 12.0 Å². The Morgan fingerprint density at radius 2 is 1.91 bits per heavy atom. The molecule has 1 aromatic carbocycles. The number of sulfonamides is 1. The van der Waals surface area contributed by atoms with Crippen molar-refractivity contribution >= 4 is 21.4 Å². The lowest BCUT2D eigenvalue weighted by Crippen LogP contribution is -2.24. The summed E-state index contributed by atoms with van der Waals surface area (Å²) >= 11 is 0. The fourth-order valence-corrected chi connectivity index (χ4v) is 2.12. The molecule has 0 saturated heterocycles. The van der Waals surface area contributed by atoms with Crippen LogP contribution in [0.5, 0.6) is 0 Å². The molecule has 22 heavy (non-hydrogen) atoms. The maximum Gasteiger partial charge on any atom is 0.418 e. The Kier molecular flexibility index (Phi) is 5.72. The number of anilines is 1. The van der Waals surface area contributed by atoms with Crippen LogP contribution in [-0.2, 0) is 16.2 Å². The topological polar surface area (TPSA) is 101 Å². The van der Waals surface area contributed by atoms with Crippen LogP contribution in [0.15, 0.2) is 18.2 Å². The molecule has 0 aliphatic heterocycles. The van der Waals surface area contributed by atoms with Gasteiger partial charge in [0.1, 0.15) is 0 Å². The number of rotatable bonds is 7. The Morgan fingerprint density at radius 3 is 2.41 bits per heavy atom. The predicted molar refractivity (Wildman–Crippen MR) is 74.1 cm³/mol. The van der Waals surface area contributed by atoms with Crippen LogP contribution in [0, 0.1) is 10.1 Å². The van der Waals surface area contributed by atoms with Crippen molar-refractivity contribution in [2.24, 2.45) is 0 Å². The fourth-order valence-electron chi connectivity index (χ4n) is 1.60.